The lowest BCUT2D eigenvalue weighted by molar-refractivity contribution is -0.119. The fraction of sp³-hybridized carbons (Fsp3) is 0.269. The highest BCUT2D eigenvalue weighted by Gasteiger charge is 2.42. The molecule has 0 saturated carbocycles. The Bertz CT molecular complexity index is 1290. The number of amides is 1. The number of ketones is 1. The van der Waals surface area contributed by atoms with Gasteiger partial charge >= 0.3 is 0 Å². The molecule has 2 aliphatic rings. The van der Waals surface area contributed by atoms with E-state index in [-0.39, 0.29) is 23.9 Å². The molecule has 0 fully saturated rings. The largest absolute Gasteiger partial charge is 0.294 e. The molecule has 1 atom stereocenters. The Morgan fingerprint density at radius 2 is 1.64 bits per heavy atom. The Hall–Kier alpha value is -3.25. The Kier molecular flexibility index (Phi) is 5.41. The number of hydrogen-bond acceptors (Lipinski definition) is 3. The third-order valence-electron chi connectivity index (χ3n) is 6.44. The minimum absolute atomic E-state index is 0.0272. The molecular formula is C26H23ClFN3O2. The second-order valence-electron chi connectivity index (χ2n) is 8.64. The Labute approximate surface area is 196 Å². The number of allylic oxidation sites excluding steroid dienone is 2. The smallest absolute Gasteiger partial charge is 0.232 e. The molecule has 7 heteroatoms. The van der Waals surface area contributed by atoms with Gasteiger partial charge in [0, 0.05) is 41.3 Å². The van der Waals surface area contributed by atoms with Crippen molar-refractivity contribution < 1.29 is 14.0 Å². The lowest BCUT2D eigenvalue weighted by atomic mass is 9.77. The molecule has 0 saturated heterocycles. The van der Waals surface area contributed by atoms with Crippen molar-refractivity contribution in [3.63, 3.8) is 0 Å². The number of aromatic nitrogens is 2. The molecule has 0 bridgehead atoms. The summed E-state index contributed by atoms with van der Waals surface area (Å²) in [5, 5.41) is 5.06. The number of nitrogens with zero attached hydrogens (tertiary/aromatic N) is 3. The van der Waals surface area contributed by atoms with E-state index in [4.69, 9.17) is 11.6 Å². The van der Waals surface area contributed by atoms with Crippen molar-refractivity contribution in [1.29, 1.82) is 0 Å². The Balaban J connectivity index is 1.64. The number of Topliss-reactive ketones (excluding diaryl/α,β-unsaturated/α-hetero) is 1. The van der Waals surface area contributed by atoms with Gasteiger partial charge in [0.15, 0.2) is 5.78 Å². The predicted octanol–water partition coefficient (Wildman–Crippen LogP) is 5.81. The molecule has 1 unspecified atom stereocenters. The molecule has 2 aromatic carbocycles. The second-order valence-corrected chi connectivity index (χ2v) is 8.99. The summed E-state index contributed by atoms with van der Waals surface area (Å²) < 4.78 is 15.2. The summed E-state index contributed by atoms with van der Waals surface area (Å²) in [6.45, 7) is 3.87. The summed E-state index contributed by atoms with van der Waals surface area (Å²) >= 11 is 6.83. The summed E-state index contributed by atoms with van der Waals surface area (Å²) in [4.78, 5) is 28.1. The van der Waals surface area contributed by atoms with E-state index in [0.29, 0.717) is 52.6 Å². The first-order valence-electron chi connectivity index (χ1n) is 11.0. The highest BCUT2D eigenvalue weighted by molar-refractivity contribution is 6.31. The SMILES string of the molecule is Cc1ccc(-n2nc(C)c(C3CC(=O)N(c4ccc(F)cc4)C4=C3C(=O)CCC4)c2Cl)cc1. The monoisotopic (exact) mass is 463 g/mol. The first-order valence-corrected chi connectivity index (χ1v) is 11.4. The number of carbonyl (C=O) groups is 2. The van der Waals surface area contributed by atoms with Crippen LogP contribution in [0.5, 0.6) is 0 Å². The molecule has 1 amide bonds. The summed E-state index contributed by atoms with van der Waals surface area (Å²) in [7, 11) is 0. The molecule has 0 radical (unpaired) electrons. The van der Waals surface area contributed by atoms with Crippen LogP contribution in [0.25, 0.3) is 5.69 Å². The van der Waals surface area contributed by atoms with E-state index in [1.807, 2.05) is 38.1 Å². The molecule has 5 nitrogen and oxygen atoms in total. The van der Waals surface area contributed by atoms with Crippen molar-refractivity contribution in [2.24, 2.45) is 0 Å². The van der Waals surface area contributed by atoms with Gasteiger partial charge in [-0.3, -0.25) is 14.5 Å². The van der Waals surface area contributed by atoms with E-state index >= 15 is 0 Å². The first kappa shape index (κ1) is 21.6. The first-order chi connectivity index (χ1) is 15.8. The normalized spacial score (nSPS) is 18.7. The van der Waals surface area contributed by atoms with Crippen LogP contribution in [0.1, 0.15) is 48.4 Å². The van der Waals surface area contributed by atoms with Crippen LogP contribution in [0.3, 0.4) is 0 Å². The van der Waals surface area contributed by atoms with Crippen LogP contribution in [0.4, 0.5) is 10.1 Å². The molecule has 1 aliphatic heterocycles. The van der Waals surface area contributed by atoms with Crippen LogP contribution in [-0.4, -0.2) is 21.5 Å². The molecular weight excluding hydrogens is 441 g/mol. The number of halogens is 2. The summed E-state index contributed by atoms with van der Waals surface area (Å²) in [5.41, 5.74) is 5.24. The Morgan fingerprint density at radius 1 is 0.970 bits per heavy atom. The molecule has 3 aromatic rings. The van der Waals surface area contributed by atoms with E-state index < -0.39 is 5.92 Å². The third-order valence-corrected chi connectivity index (χ3v) is 6.80. The molecule has 1 aromatic heterocycles. The molecule has 33 heavy (non-hydrogen) atoms. The van der Waals surface area contributed by atoms with Gasteiger partial charge in [-0.2, -0.15) is 5.10 Å². The van der Waals surface area contributed by atoms with E-state index in [9.17, 15) is 14.0 Å². The standard InChI is InChI=1S/C26H23ClFN3O2/c1-15-6-10-19(11-7-15)31-26(27)24(16(2)29-31)20-14-23(33)30(18-12-8-17(28)9-13-18)21-4-3-5-22(32)25(20)21/h6-13,20H,3-5,14H2,1-2H3. The van der Waals surface area contributed by atoms with Gasteiger partial charge < -0.3 is 0 Å². The lowest BCUT2D eigenvalue weighted by Gasteiger charge is -2.38. The fourth-order valence-corrected chi connectivity index (χ4v) is 5.30. The van der Waals surface area contributed by atoms with E-state index in [1.54, 1.807) is 21.7 Å². The quantitative estimate of drug-likeness (QED) is 0.492. The molecule has 2 heterocycles. The maximum atomic E-state index is 13.5. The minimum Gasteiger partial charge on any atom is -0.294 e. The van der Waals surface area contributed by atoms with Crippen molar-refractivity contribution in [3.8, 4) is 5.69 Å². The van der Waals surface area contributed by atoms with Gasteiger partial charge in [-0.05, 0) is 63.1 Å². The zero-order valence-corrected chi connectivity index (χ0v) is 19.2. The van der Waals surface area contributed by atoms with Crippen LogP contribution in [0, 0.1) is 19.7 Å². The number of rotatable bonds is 3. The topological polar surface area (TPSA) is 55.2 Å². The van der Waals surface area contributed by atoms with Crippen molar-refractivity contribution in [1.82, 2.24) is 9.78 Å². The molecule has 1 aliphatic carbocycles. The highest BCUT2D eigenvalue weighted by Crippen LogP contribution is 2.46. The predicted molar refractivity (Wildman–Crippen MR) is 125 cm³/mol. The molecule has 168 valence electrons. The second kappa shape index (κ2) is 8.27. The fourth-order valence-electron chi connectivity index (χ4n) is 4.89. The summed E-state index contributed by atoms with van der Waals surface area (Å²) in [6, 6.07) is 13.7. The van der Waals surface area contributed by atoms with Crippen LogP contribution in [-0.2, 0) is 9.59 Å². The molecule has 0 spiro atoms. The average Bonchev–Trinajstić information content (AvgIpc) is 3.08. The van der Waals surface area contributed by atoms with Crippen molar-refractivity contribution in [3.05, 3.63) is 87.6 Å². The van der Waals surface area contributed by atoms with Crippen LogP contribution in [0.15, 0.2) is 59.8 Å². The van der Waals surface area contributed by atoms with Gasteiger partial charge in [-0.1, -0.05) is 29.3 Å². The highest BCUT2D eigenvalue weighted by atomic mass is 35.5. The minimum atomic E-state index is -0.455. The zero-order chi connectivity index (χ0) is 23.3. The molecule has 5 rings (SSSR count). The number of aryl methyl sites for hydroxylation is 2. The molecule has 0 N–H and O–H groups in total. The van der Waals surface area contributed by atoms with Crippen LogP contribution < -0.4 is 4.90 Å². The van der Waals surface area contributed by atoms with Gasteiger partial charge in [0.25, 0.3) is 0 Å². The average molecular weight is 464 g/mol. The van der Waals surface area contributed by atoms with E-state index in [0.717, 1.165) is 11.3 Å². The van der Waals surface area contributed by atoms with Gasteiger partial charge in [-0.25, -0.2) is 9.07 Å². The van der Waals surface area contributed by atoms with Crippen LogP contribution in [0.2, 0.25) is 5.15 Å². The lowest BCUT2D eigenvalue weighted by Crippen LogP contribution is -2.40. The maximum absolute atomic E-state index is 13.5. The number of anilines is 1. The van der Waals surface area contributed by atoms with Gasteiger partial charge in [-0.15, -0.1) is 0 Å². The number of hydrogen-bond donors (Lipinski definition) is 0. The van der Waals surface area contributed by atoms with Crippen molar-refractivity contribution in [2.75, 3.05) is 4.90 Å². The van der Waals surface area contributed by atoms with Gasteiger partial charge in [0.2, 0.25) is 5.91 Å². The summed E-state index contributed by atoms with van der Waals surface area (Å²) in [6.07, 6.45) is 1.81. The maximum Gasteiger partial charge on any atom is 0.232 e. The number of benzene rings is 2. The van der Waals surface area contributed by atoms with Crippen LogP contribution >= 0.6 is 11.6 Å². The van der Waals surface area contributed by atoms with Crippen molar-refractivity contribution in [2.45, 2.75) is 45.4 Å². The van der Waals surface area contributed by atoms with Gasteiger partial charge in [0.1, 0.15) is 11.0 Å². The number of carbonyl (C=O) groups excluding carboxylic acids is 2. The summed E-state index contributed by atoms with van der Waals surface area (Å²) in [5.74, 6) is -0.942. The van der Waals surface area contributed by atoms with E-state index in [2.05, 4.69) is 5.10 Å². The Morgan fingerprint density at radius 3 is 2.33 bits per heavy atom. The van der Waals surface area contributed by atoms with Gasteiger partial charge in [0.05, 0.1) is 11.4 Å². The zero-order valence-electron chi connectivity index (χ0n) is 18.4. The third kappa shape index (κ3) is 3.68. The van der Waals surface area contributed by atoms with Crippen molar-refractivity contribution >= 4 is 29.0 Å². The van der Waals surface area contributed by atoms with E-state index in [1.165, 1.54) is 12.1 Å².